The summed E-state index contributed by atoms with van der Waals surface area (Å²) in [5, 5.41) is 8.62. The van der Waals surface area contributed by atoms with Crippen LogP contribution in [0.15, 0.2) is 43.0 Å². The molecule has 0 aliphatic carbocycles. The molecule has 7 nitrogen and oxygen atoms in total. The number of hydrogen-bond donors (Lipinski definition) is 1. The molecule has 0 fully saturated rings. The lowest BCUT2D eigenvalue weighted by Crippen LogP contribution is -2.33. The molecule has 3 aromatic heterocycles. The summed E-state index contributed by atoms with van der Waals surface area (Å²) >= 11 is 6.24. The zero-order valence-electron chi connectivity index (χ0n) is 13.6. The first-order chi connectivity index (χ1) is 12.3. The first-order valence-electron chi connectivity index (χ1n) is 8.15. The number of halogens is 1. The molecule has 1 N–H and O–H groups in total. The number of nitrogens with one attached hydrogen (secondary N) is 1. The number of pyridine rings is 1. The van der Waals surface area contributed by atoms with E-state index in [0.29, 0.717) is 12.5 Å². The summed E-state index contributed by atoms with van der Waals surface area (Å²) in [6.07, 6.45) is 6.99. The molecule has 0 bridgehead atoms. The topological polar surface area (TPSA) is 71.8 Å². The summed E-state index contributed by atoms with van der Waals surface area (Å²) in [7, 11) is 0. The summed E-state index contributed by atoms with van der Waals surface area (Å²) in [5.74, 6) is 0.612. The Morgan fingerprint density at radius 1 is 1.16 bits per heavy atom. The van der Waals surface area contributed by atoms with Crippen LogP contribution in [0.2, 0.25) is 5.02 Å². The monoisotopic (exact) mass is 355 g/mol. The molecular weight excluding hydrogens is 338 g/mol. The third kappa shape index (κ3) is 3.78. The minimum Gasteiger partial charge on any atom is -0.348 e. The maximum absolute atomic E-state index is 6.24. The summed E-state index contributed by atoms with van der Waals surface area (Å²) in [6.45, 7) is 4.06. The van der Waals surface area contributed by atoms with Crippen molar-refractivity contribution in [2.24, 2.45) is 0 Å². The van der Waals surface area contributed by atoms with E-state index in [0.717, 1.165) is 42.5 Å². The van der Waals surface area contributed by atoms with Crippen molar-refractivity contribution in [2.45, 2.75) is 26.2 Å². The van der Waals surface area contributed by atoms with Gasteiger partial charge in [0.1, 0.15) is 0 Å². The molecular formula is C17H18ClN7. The van der Waals surface area contributed by atoms with Crippen molar-refractivity contribution >= 4 is 17.5 Å². The van der Waals surface area contributed by atoms with Crippen molar-refractivity contribution < 1.29 is 0 Å². The Morgan fingerprint density at radius 3 is 2.88 bits per heavy atom. The van der Waals surface area contributed by atoms with E-state index in [-0.39, 0.29) is 0 Å². The van der Waals surface area contributed by atoms with Crippen molar-refractivity contribution in [3.05, 3.63) is 65.0 Å². The molecule has 3 aromatic rings. The van der Waals surface area contributed by atoms with Gasteiger partial charge in [0.2, 0.25) is 5.95 Å². The van der Waals surface area contributed by atoms with Gasteiger partial charge < -0.3 is 5.32 Å². The van der Waals surface area contributed by atoms with E-state index < -0.39 is 0 Å². The highest BCUT2D eigenvalue weighted by Gasteiger charge is 2.19. The molecule has 0 aromatic carbocycles. The molecule has 0 radical (unpaired) electrons. The fourth-order valence-electron chi connectivity index (χ4n) is 2.93. The summed E-state index contributed by atoms with van der Waals surface area (Å²) in [5.41, 5.74) is 3.25. The van der Waals surface area contributed by atoms with Gasteiger partial charge in [-0.05, 0) is 18.2 Å². The highest BCUT2D eigenvalue weighted by Crippen LogP contribution is 2.20. The average Bonchev–Trinajstić information content (AvgIpc) is 3.05. The van der Waals surface area contributed by atoms with Gasteiger partial charge >= 0.3 is 0 Å². The Morgan fingerprint density at radius 2 is 2.04 bits per heavy atom. The van der Waals surface area contributed by atoms with Gasteiger partial charge in [-0.3, -0.25) is 14.6 Å². The van der Waals surface area contributed by atoms with Crippen LogP contribution in [0.5, 0.6) is 0 Å². The van der Waals surface area contributed by atoms with E-state index in [1.165, 1.54) is 5.69 Å². The minimum atomic E-state index is 0.610. The van der Waals surface area contributed by atoms with Gasteiger partial charge in [-0.2, -0.15) is 5.10 Å². The molecule has 0 atom stereocenters. The van der Waals surface area contributed by atoms with Crippen LogP contribution in [0.3, 0.4) is 0 Å². The van der Waals surface area contributed by atoms with Crippen LogP contribution < -0.4 is 5.32 Å². The van der Waals surface area contributed by atoms with Crippen molar-refractivity contribution in [1.82, 2.24) is 29.6 Å². The predicted octanol–water partition coefficient (Wildman–Crippen LogP) is 2.35. The van der Waals surface area contributed by atoms with E-state index in [2.05, 4.69) is 41.0 Å². The van der Waals surface area contributed by atoms with Gasteiger partial charge in [0.25, 0.3) is 0 Å². The van der Waals surface area contributed by atoms with Gasteiger partial charge in [-0.1, -0.05) is 11.6 Å². The van der Waals surface area contributed by atoms with Crippen molar-refractivity contribution in [1.29, 1.82) is 0 Å². The Bertz CT molecular complexity index is 849. The summed E-state index contributed by atoms with van der Waals surface area (Å²) < 4.78 is 2.07. The zero-order chi connectivity index (χ0) is 17.1. The lowest BCUT2D eigenvalue weighted by Gasteiger charge is -2.27. The molecule has 8 heteroatoms. The molecule has 4 rings (SSSR count). The SMILES string of the molecule is Clc1ccncc1CN1CCn2nc(CNc3ncccn3)cc2C1. The number of nitrogens with zero attached hydrogens (tertiary/aromatic N) is 6. The highest BCUT2D eigenvalue weighted by atomic mass is 35.5. The molecule has 0 spiro atoms. The second kappa shape index (κ2) is 7.16. The molecule has 1 aliphatic rings. The Kier molecular flexibility index (Phi) is 4.58. The number of fused-ring (bicyclic) bond motifs is 1. The van der Waals surface area contributed by atoms with E-state index >= 15 is 0 Å². The smallest absolute Gasteiger partial charge is 0.222 e. The molecule has 0 amide bonds. The van der Waals surface area contributed by atoms with Crippen LogP contribution in [0.4, 0.5) is 5.95 Å². The summed E-state index contributed by atoms with van der Waals surface area (Å²) in [4.78, 5) is 14.8. The highest BCUT2D eigenvalue weighted by molar-refractivity contribution is 6.31. The van der Waals surface area contributed by atoms with Crippen molar-refractivity contribution in [2.75, 3.05) is 11.9 Å². The standard InChI is InChI=1S/C17H18ClN7/c18-16-2-5-19-9-13(16)11-24-6-7-25-15(12-24)8-14(23-25)10-22-17-20-3-1-4-21-17/h1-5,8-9H,6-7,10-12H2,(H,20,21,22). The second-order valence-electron chi connectivity index (χ2n) is 5.95. The zero-order valence-corrected chi connectivity index (χ0v) is 14.4. The average molecular weight is 356 g/mol. The van der Waals surface area contributed by atoms with Crippen LogP contribution in [-0.2, 0) is 26.2 Å². The quantitative estimate of drug-likeness (QED) is 0.757. The number of aromatic nitrogens is 5. The maximum Gasteiger partial charge on any atom is 0.222 e. The van der Waals surface area contributed by atoms with E-state index in [9.17, 15) is 0 Å². The van der Waals surface area contributed by atoms with E-state index in [1.54, 1.807) is 24.7 Å². The number of hydrogen-bond acceptors (Lipinski definition) is 6. The molecule has 0 saturated carbocycles. The Hall–Kier alpha value is -2.51. The minimum absolute atomic E-state index is 0.610. The number of anilines is 1. The third-order valence-electron chi connectivity index (χ3n) is 4.16. The lowest BCUT2D eigenvalue weighted by molar-refractivity contribution is 0.205. The van der Waals surface area contributed by atoms with Gasteiger partial charge in [-0.15, -0.1) is 0 Å². The molecule has 0 unspecified atom stereocenters. The molecule has 1 aliphatic heterocycles. The van der Waals surface area contributed by atoms with Gasteiger partial charge in [0.15, 0.2) is 0 Å². The van der Waals surface area contributed by atoms with Crippen molar-refractivity contribution in [3.8, 4) is 0 Å². The van der Waals surface area contributed by atoms with Crippen LogP contribution in [0.25, 0.3) is 0 Å². The Labute approximate surface area is 150 Å². The predicted molar refractivity (Wildman–Crippen MR) is 94.9 cm³/mol. The summed E-state index contributed by atoms with van der Waals surface area (Å²) in [6, 6.07) is 5.76. The molecule has 0 saturated heterocycles. The fourth-order valence-corrected chi connectivity index (χ4v) is 3.09. The largest absolute Gasteiger partial charge is 0.348 e. The maximum atomic E-state index is 6.24. The van der Waals surface area contributed by atoms with Gasteiger partial charge in [0, 0.05) is 55.0 Å². The van der Waals surface area contributed by atoms with Crippen LogP contribution in [-0.4, -0.2) is 36.2 Å². The number of rotatable bonds is 5. The second-order valence-corrected chi connectivity index (χ2v) is 6.36. The first-order valence-corrected chi connectivity index (χ1v) is 8.53. The van der Waals surface area contributed by atoms with E-state index in [4.69, 9.17) is 11.6 Å². The van der Waals surface area contributed by atoms with E-state index in [1.807, 2.05) is 12.3 Å². The molecule has 128 valence electrons. The Balaban J connectivity index is 1.40. The van der Waals surface area contributed by atoms with Gasteiger partial charge in [0.05, 0.1) is 24.5 Å². The molecule has 4 heterocycles. The van der Waals surface area contributed by atoms with Crippen LogP contribution in [0, 0.1) is 0 Å². The first kappa shape index (κ1) is 16.0. The lowest BCUT2D eigenvalue weighted by atomic mass is 10.2. The molecule has 25 heavy (non-hydrogen) atoms. The third-order valence-corrected chi connectivity index (χ3v) is 4.53. The van der Waals surface area contributed by atoms with Crippen LogP contribution in [0.1, 0.15) is 17.0 Å². The fraction of sp³-hybridized carbons (Fsp3) is 0.294. The normalized spacial score (nSPS) is 14.3. The van der Waals surface area contributed by atoms with Crippen molar-refractivity contribution in [3.63, 3.8) is 0 Å². The van der Waals surface area contributed by atoms with Crippen LogP contribution >= 0.6 is 11.6 Å². The van der Waals surface area contributed by atoms with Gasteiger partial charge in [-0.25, -0.2) is 9.97 Å².